The summed E-state index contributed by atoms with van der Waals surface area (Å²) in [5.74, 6) is 0.441. The second-order valence-electron chi connectivity index (χ2n) is 3.37. The van der Waals surface area contributed by atoms with Crippen molar-refractivity contribution in [1.29, 1.82) is 0 Å². The minimum atomic E-state index is -0.364. The molecule has 0 aromatic carbocycles. The molecule has 0 aliphatic carbocycles. The number of oxime groups is 1. The van der Waals surface area contributed by atoms with Crippen LogP contribution in [0.5, 0.6) is 0 Å². The van der Waals surface area contributed by atoms with Crippen LogP contribution in [-0.4, -0.2) is 35.3 Å². The van der Waals surface area contributed by atoms with Crippen molar-refractivity contribution in [3.05, 3.63) is 0 Å². The zero-order valence-corrected chi connectivity index (χ0v) is 8.90. The van der Waals surface area contributed by atoms with E-state index in [9.17, 15) is 5.11 Å². The summed E-state index contributed by atoms with van der Waals surface area (Å²) in [5.41, 5.74) is 5.26. The van der Waals surface area contributed by atoms with Crippen LogP contribution in [0.1, 0.15) is 26.7 Å². The van der Waals surface area contributed by atoms with Crippen molar-refractivity contribution in [3.63, 3.8) is 0 Å². The fourth-order valence-electron chi connectivity index (χ4n) is 1.38. The SMILES string of the molecule is CCC(CC)C(O)CNCC(N)=NO. The fraction of sp³-hybridized carbons (Fsp3) is 0.889. The molecule has 0 spiro atoms. The predicted octanol–water partition coefficient (Wildman–Crippen LogP) is 0.120. The molecule has 1 unspecified atom stereocenters. The van der Waals surface area contributed by atoms with E-state index >= 15 is 0 Å². The van der Waals surface area contributed by atoms with Gasteiger partial charge < -0.3 is 21.4 Å². The third-order valence-corrected chi connectivity index (χ3v) is 2.38. The molecule has 0 saturated heterocycles. The van der Waals surface area contributed by atoms with Gasteiger partial charge in [0.1, 0.15) is 0 Å². The molecular formula is C9H21N3O2. The lowest BCUT2D eigenvalue weighted by Crippen LogP contribution is -2.37. The first-order chi connectivity index (χ1) is 6.65. The maximum atomic E-state index is 9.69. The Balaban J connectivity index is 3.67. The van der Waals surface area contributed by atoms with E-state index < -0.39 is 0 Å². The van der Waals surface area contributed by atoms with Gasteiger partial charge in [0, 0.05) is 6.54 Å². The van der Waals surface area contributed by atoms with E-state index in [0.717, 1.165) is 12.8 Å². The van der Waals surface area contributed by atoms with E-state index in [1.807, 2.05) is 0 Å². The molecular weight excluding hydrogens is 182 g/mol. The third kappa shape index (κ3) is 5.04. The van der Waals surface area contributed by atoms with Crippen molar-refractivity contribution in [2.24, 2.45) is 16.8 Å². The molecule has 0 heterocycles. The van der Waals surface area contributed by atoms with Gasteiger partial charge in [-0.1, -0.05) is 31.8 Å². The second-order valence-corrected chi connectivity index (χ2v) is 3.37. The maximum absolute atomic E-state index is 9.69. The number of hydrogen-bond donors (Lipinski definition) is 4. The molecule has 0 fully saturated rings. The lowest BCUT2D eigenvalue weighted by atomic mass is 9.97. The van der Waals surface area contributed by atoms with E-state index in [2.05, 4.69) is 24.3 Å². The van der Waals surface area contributed by atoms with Gasteiger partial charge in [0.15, 0.2) is 5.84 Å². The number of aliphatic hydroxyl groups is 1. The average Bonchev–Trinajstić information content (AvgIpc) is 2.19. The van der Waals surface area contributed by atoms with Crippen molar-refractivity contribution < 1.29 is 10.3 Å². The largest absolute Gasteiger partial charge is 0.409 e. The van der Waals surface area contributed by atoms with Crippen LogP contribution < -0.4 is 11.1 Å². The van der Waals surface area contributed by atoms with Crippen LogP contribution in [0, 0.1) is 5.92 Å². The number of hydrogen-bond acceptors (Lipinski definition) is 4. The van der Waals surface area contributed by atoms with E-state index in [0.29, 0.717) is 19.0 Å². The summed E-state index contributed by atoms with van der Waals surface area (Å²) in [6.45, 7) is 4.89. The molecule has 0 rings (SSSR count). The highest BCUT2D eigenvalue weighted by Crippen LogP contribution is 2.11. The van der Waals surface area contributed by atoms with Crippen molar-refractivity contribution in [3.8, 4) is 0 Å². The Hall–Kier alpha value is -0.810. The molecule has 0 aliphatic rings. The molecule has 5 N–H and O–H groups in total. The maximum Gasteiger partial charge on any atom is 0.153 e. The first kappa shape index (κ1) is 13.2. The zero-order chi connectivity index (χ0) is 11.0. The molecule has 0 aromatic rings. The number of amidine groups is 1. The van der Waals surface area contributed by atoms with Crippen molar-refractivity contribution in [1.82, 2.24) is 5.32 Å². The highest BCUT2D eigenvalue weighted by molar-refractivity contribution is 5.81. The summed E-state index contributed by atoms with van der Waals surface area (Å²) in [4.78, 5) is 0. The van der Waals surface area contributed by atoms with Gasteiger partial charge in [-0.2, -0.15) is 0 Å². The molecule has 0 amide bonds. The van der Waals surface area contributed by atoms with Gasteiger partial charge in [0.05, 0.1) is 12.6 Å². The molecule has 0 aliphatic heterocycles. The predicted molar refractivity (Wildman–Crippen MR) is 56.4 cm³/mol. The number of nitrogens with one attached hydrogen (secondary N) is 1. The van der Waals surface area contributed by atoms with Gasteiger partial charge >= 0.3 is 0 Å². The van der Waals surface area contributed by atoms with Gasteiger partial charge in [0.25, 0.3) is 0 Å². The minimum absolute atomic E-state index is 0.127. The number of nitrogens with two attached hydrogens (primary N) is 1. The summed E-state index contributed by atoms with van der Waals surface area (Å²) in [5, 5.41) is 23.7. The van der Waals surface area contributed by atoms with E-state index in [4.69, 9.17) is 10.9 Å². The fourth-order valence-corrected chi connectivity index (χ4v) is 1.38. The smallest absolute Gasteiger partial charge is 0.153 e. The van der Waals surface area contributed by atoms with Gasteiger partial charge in [-0.05, 0) is 5.92 Å². The number of rotatable bonds is 7. The molecule has 5 heteroatoms. The van der Waals surface area contributed by atoms with Gasteiger partial charge in [0.2, 0.25) is 0 Å². The van der Waals surface area contributed by atoms with Crippen LogP contribution >= 0.6 is 0 Å². The topological polar surface area (TPSA) is 90.9 Å². The van der Waals surface area contributed by atoms with Crippen LogP contribution in [-0.2, 0) is 0 Å². The summed E-state index contributed by atoms with van der Waals surface area (Å²) < 4.78 is 0. The Morgan fingerprint density at radius 2 is 2.00 bits per heavy atom. The minimum Gasteiger partial charge on any atom is -0.409 e. The Morgan fingerprint density at radius 3 is 2.43 bits per heavy atom. The Morgan fingerprint density at radius 1 is 1.43 bits per heavy atom. The van der Waals surface area contributed by atoms with Gasteiger partial charge in [-0.25, -0.2) is 0 Å². The van der Waals surface area contributed by atoms with Crippen LogP contribution in [0.25, 0.3) is 0 Å². The third-order valence-electron chi connectivity index (χ3n) is 2.38. The lowest BCUT2D eigenvalue weighted by molar-refractivity contribution is 0.103. The second kappa shape index (κ2) is 7.58. The van der Waals surface area contributed by atoms with Crippen molar-refractivity contribution in [2.75, 3.05) is 13.1 Å². The summed E-state index contributed by atoms with van der Waals surface area (Å²) in [6.07, 6.45) is 1.56. The van der Waals surface area contributed by atoms with Gasteiger partial charge in [-0.15, -0.1) is 0 Å². The molecule has 1 atom stereocenters. The summed E-state index contributed by atoms with van der Waals surface area (Å²) in [6, 6.07) is 0. The van der Waals surface area contributed by atoms with Crippen LogP contribution in [0.15, 0.2) is 5.16 Å². The standard InChI is InChI=1S/C9H21N3O2/c1-3-7(4-2)8(13)5-11-6-9(10)12-14/h7-8,11,13-14H,3-6H2,1-2H3,(H2,10,12). The monoisotopic (exact) mass is 203 g/mol. The molecule has 0 aromatic heterocycles. The lowest BCUT2D eigenvalue weighted by Gasteiger charge is -2.20. The Labute approximate surface area is 85.0 Å². The highest BCUT2D eigenvalue weighted by atomic mass is 16.4. The van der Waals surface area contributed by atoms with Crippen LogP contribution in [0.2, 0.25) is 0 Å². The van der Waals surface area contributed by atoms with Gasteiger partial charge in [-0.3, -0.25) is 0 Å². The molecule has 84 valence electrons. The molecule has 14 heavy (non-hydrogen) atoms. The summed E-state index contributed by atoms with van der Waals surface area (Å²) >= 11 is 0. The summed E-state index contributed by atoms with van der Waals surface area (Å²) in [7, 11) is 0. The van der Waals surface area contributed by atoms with E-state index in [1.54, 1.807) is 0 Å². The zero-order valence-electron chi connectivity index (χ0n) is 8.90. The number of aliphatic hydroxyl groups excluding tert-OH is 1. The Kier molecular flexibility index (Phi) is 7.14. The van der Waals surface area contributed by atoms with Crippen molar-refractivity contribution >= 4 is 5.84 Å². The van der Waals surface area contributed by atoms with Crippen LogP contribution in [0.4, 0.5) is 0 Å². The molecule has 0 saturated carbocycles. The van der Waals surface area contributed by atoms with E-state index in [-0.39, 0.29) is 11.9 Å². The number of nitrogens with zero attached hydrogens (tertiary/aromatic N) is 1. The normalized spacial score (nSPS) is 14.7. The molecule has 5 nitrogen and oxygen atoms in total. The van der Waals surface area contributed by atoms with Crippen molar-refractivity contribution in [2.45, 2.75) is 32.8 Å². The first-order valence-corrected chi connectivity index (χ1v) is 5.00. The van der Waals surface area contributed by atoms with E-state index in [1.165, 1.54) is 0 Å². The Bertz CT molecular complexity index is 169. The van der Waals surface area contributed by atoms with Crippen LogP contribution in [0.3, 0.4) is 0 Å². The molecule has 0 bridgehead atoms. The highest BCUT2D eigenvalue weighted by Gasteiger charge is 2.14. The quantitative estimate of drug-likeness (QED) is 0.205. The molecule has 0 radical (unpaired) electrons. The first-order valence-electron chi connectivity index (χ1n) is 5.00. The average molecular weight is 203 g/mol.